The van der Waals surface area contributed by atoms with Gasteiger partial charge in [-0.05, 0) is 37.4 Å². The van der Waals surface area contributed by atoms with Crippen molar-refractivity contribution in [1.29, 1.82) is 0 Å². The van der Waals surface area contributed by atoms with Gasteiger partial charge in [0.25, 0.3) is 5.91 Å². The molecule has 142 valence electrons. The zero-order valence-corrected chi connectivity index (χ0v) is 16.2. The van der Waals surface area contributed by atoms with Crippen LogP contribution >= 0.6 is 11.3 Å². The molecule has 0 saturated heterocycles. The number of aromatic nitrogens is 2. The number of rotatable bonds is 8. The number of hydrogen-bond donors (Lipinski definition) is 0. The Bertz CT molecular complexity index is 879. The molecule has 1 aromatic carbocycles. The smallest absolute Gasteiger partial charge is 0.263 e. The molecule has 0 N–H and O–H groups in total. The van der Waals surface area contributed by atoms with Gasteiger partial charge in [0.05, 0.1) is 12.0 Å². The van der Waals surface area contributed by atoms with Gasteiger partial charge < -0.3 is 18.9 Å². The molecule has 8 heteroatoms. The maximum Gasteiger partial charge on any atom is 0.263 e. The topological polar surface area (TPSA) is 77.7 Å². The Balaban J connectivity index is 1.66. The molecular weight excluding hydrogens is 366 g/mol. The van der Waals surface area contributed by atoms with Gasteiger partial charge in [-0.25, -0.2) is 0 Å². The number of nitrogens with zero attached hydrogens (tertiary/aromatic N) is 3. The Morgan fingerprint density at radius 2 is 2.04 bits per heavy atom. The van der Waals surface area contributed by atoms with Crippen LogP contribution in [0.3, 0.4) is 0 Å². The number of benzene rings is 1. The van der Waals surface area contributed by atoms with Gasteiger partial charge in [0, 0.05) is 6.54 Å². The second-order valence-electron chi connectivity index (χ2n) is 5.75. The largest absolute Gasteiger partial charge is 0.493 e. The van der Waals surface area contributed by atoms with Gasteiger partial charge in [-0.1, -0.05) is 23.4 Å². The lowest BCUT2D eigenvalue weighted by Gasteiger charge is -2.24. The lowest BCUT2D eigenvalue weighted by molar-refractivity contribution is -0.138. The third kappa shape index (κ3) is 4.46. The lowest BCUT2D eigenvalue weighted by Crippen LogP contribution is -2.40. The van der Waals surface area contributed by atoms with Gasteiger partial charge in [-0.2, -0.15) is 4.98 Å². The van der Waals surface area contributed by atoms with E-state index in [-0.39, 0.29) is 12.5 Å². The zero-order valence-electron chi connectivity index (χ0n) is 15.4. The summed E-state index contributed by atoms with van der Waals surface area (Å²) in [5, 5.41) is 5.93. The molecule has 27 heavy (non-hydrogen) atoms. The molecular formula is C19H21N3O4S. The molecule has 3 aromatic rings. The zero-order chi connectivity index (χ0) is 19.2. The van der Waals surface area contributed by atoms with E-state index in [2.05, 4.69) is 10.1 Å². The van der Waals surface area contributed by atoms with Gasteiger partial charge in [0.2, 0.25) is 11.7 Å². The summed E-state index contributed by atoms with van der Waals surface area (Å²) in [4.78, 5) is 19.7. The van der Waals surface area contributed by atoms with Crippen LogP contribution in [0.5, 0.6) is 11.5 Å². The number of methoxy groups -OCH3 is 1. The molecule has 0 spiro atoms. The van der Waals surface area contributed by atoms with Crippen molar-refractivity contribution in [2.24, 2.45) is 0 Å². The Morgan fingerprint density at radius 1 is 1.26 bits per heavy atom. The highest BCUT2D eigenvalue weighted by Gasteiger charge is 2.24. The summed E-state index contributed by atoms with van der Waals surface area (Å²) in [6.07, 6.45) is -0.680. The summed E-state index contributed by atoms with van der Waals surface area (Å²) in [5.41, 5.74) is 0. The minimum atomic E-state index is -0.680. The average Bonchev–Trinajstić information content (AvgIpc) is 3.37. The lowest BCUT2D eigenvalue weighted by atomic mass is 10.3. The number of likely N-dealkylation sites (N-methyl/N-ethyl adjacent to an activating group) is 1. The van der Waals surface area contributed by atoms with Gasteiger partial charge in [-0.3, -0.25) is 4.79 Å². The molecule has 0 aliphatic carbocycles. The van der Waals surface area contributed by atoms with Crippen molar-refractivity contribution in [1.82, 2.24) is 15.0 Å². The second kappa shape index (κ2) is 8.68. The third-order valence-electron chi connectivity index (χ3n) is 3.95. The third-order valence-corrected chi connectivity index (χ3v) is 4.82. The quantitative estimate of drug-likeness (QED) is 0.587. The van der Waals surface area contributed by atoms with Crippen molar-refractivity contribution in [3.8, 4) is 22.2 Å². The number of carbonyl (C=O) groups is 1. The fraction of sp³-hybridized carbons (Fsp3) is 0.316. The van der Waals surface area contributed by atoms with E-state index in [0.29, 0.717) is 29.8 Å². The number of hydrogen-bond acceptors (Lipinski definition) is 7. The SMILES string of the molecule is CCN(Cc1nc(-c2cccs2)no1)C(=O)C(C)Oc1ccccc1OC. The van der Waals surface area contributed by atoms with Gasteiger partial charge in [-0.15, -0.1) is 11.3 Å². The van der Waals surface area contributed by atoms with Gasteiger partial charge >= 0.3 is 0 Å². The minimum absolute atomic E-state index is 0.167. The van der Waals surface area contributed by atoms with Crippen LogP contribution in [0.25, 0.3) is 10.7 Å². The van der Waals surface area contributed by atoms with Crippen LogP contribution in [0.4, 0.5) is 0 Å². The highest BCUT2D eigenvalue weighted by Crippen LogP contribution is 2.27. The monoisotopic (exact) mass is 387 g/mol. The Kier molecular flexibility index (Phi) is 6.08. The summed E-state index contributed by atoms with van der Waals surface area (Å²) < 4.78 is 16.4. The Hall–Kier alpha value is -2.87. The Labute approximate surface area is 161 Å². The van der Waals surface area contributed by atoms with Crippen LogP contribution in [0, 0.1) is 0 Å². The molecule has 0 aliphatic rings. The summed E-state index contributed by atoms with van der Waals surface area (Å²) in [6.45, 7) is 4.33. The second-order valence-corrected chi connectivity index (χ2v) is 6.70. The standard InChI is InChI=1S/C19H21N3O4S/c1-4-22(12-17-20-18(21-26-17)16-10-7-11-27-16)19(23)13(2)25-15-9-6-5-8-14(15)24-3/h5-11,13H,4,12H2,1-3H3. The van der Waals surface area contributed by atoms with Gasteiger partial charge in [0.1, 0.15) is 6.54 Å². The van der Waals surface area contributed by atoms with Crippen molar-refractivity contribution in [2.75, 3.05) is 13.7 Å². The normalized spacial score (nSPS) is 11.8. The molecule has 2 heterocycles. The highest BCUT2D eigenvalue weighted by molar-refractivity contribution is 7.13. The van der Waals surface area contributed by atoms with E-state index in [4.69, 9.17) is 14.0 Å². The van der Waals surface area contributed by atoms with E-state index in [1.807, 2.05) is 36.6 Å². The molecule has 0 fully saturated rings. The number of ether oxygens (including phenoxy) is 2. The first-order valence-electron chi connectivity index (χ1n) is 8.57. The fourth-order valence-corrected chi connectivity index (χ4v) is 3.20. The van der Waals surface area contributed by atoms with Crippen LogP contribution in [0.15, 0.2) is 46.3 Å². The van der Waals surface area contributed by atoms with Crippen LogP contribution in [0.1, 0.15) is 19.7 Å². The molecule has 7 nitrogen and oxygen atoms in total. The van der Waals surface area contributed by atoms with E-state index >= 15 is 0 Å². The predicted molar refractivity (Wildman–Crippen MR) is 102 cm³/mol. The Morgan fingerprint density at radius 3 is 2.70 bits per heavy atom. The number of para-hydroxylation sites is 2. The first-order valence-corrected chi connectivity index (χ1v) is 9.45. The van der Waals surface area contributed by atoms with E-state index in [1.165, 1.54) is 11.3 Å². The summed E-state index contributed by atoms with van der Waals surface area (Å²) in [7, 11) is 1.56. The molecule has 0 bridgehead atoms. The summed E-state index contributed by atoms with van der Waals surface area (Å²) in [5.74, 6) is 1.85. The molecule has 1 atom stereocenters. The van der Waals surface area contributed by atoms with E-state index in [1.54, 1.807) is 31.1 Å². The molecule has 3 rings (SSSR count). The van der Waals surface area contributed by atoms with Crippen LogP contribution in [-0.2, 0) is 11.3 Å². The summed E-state index contributed by atoms with van der Waals surface area (Å²) in [6, 6.07) is 11.1. The van der Waals surface area contributed by atoms with Crippen LogP contribution in [-0.4, -0.2) is 40.7 Å². The average molecular weight is 387 g/mol. The first kappa shape index (κ1) is 18.9. The fourth-order valence-electron chi connectivity index (χ4n) is 2.55. The number of amides is 1. The van der Waals surface area contributed by atoms with Crippen molar-refractivity contribution in [3.63, 3.8) is 0 Å². The molecule has 0 radical (unpaired) electrons. The van der Waals surface area contributed by atoms with Crippen molar-refractivity contribution in [2.45, 2.75) is 26.5 Å². The maximum atomic E-state index is 12.8. The number of carbonyl (C=O) groups excluding carboxylic acids is 1. The predicted octanol–water partition coefficient (Wildman–Crippen LogP) is 3.62. The van der Waals surface area contributed by atoms with Crippen LogP contribution < -0.4 is 9.47 Å². The van der Waals surface area contributed by atoms with E-state index < -0.39 is 6.10 Å². The molecule has 1 amide bonds. The molecule has 1 unspecified atom stereocenters. The van der Waals surface area contributed by atoms with Crippen LogP contribution in [0.2, 0.25) is 0 Å². The minimum Gasteiger partial charge on any atom is -0.493 e. The number of thiophene rings is 1. The molecule has 0 aliphatic heterocycles. The van der Waals surface area contributed by atoms with Gasteiger partial charge in [0.15, 0.2) is 17.6 Å². The van der Waals surface area contributed by atoms with E-state index in [9.17, 15) is 4.79 Å². The van der Waals surface area contributed by atoms with Crippen molar-refractivity contribution in [3.05, 3.63) is 47.7 Å². The molecule has 2 aromatic heterocycles. The highest BCUT2D eigenvalue weighted by atomic mass is 32.1. The molecule has 0 saturated carbocycles. The first-order chi connectivity index (χ1) is 13.1. The van der Waals surface area contributed by atoms with E-state index in [0.717, 1.165) is 4.88 Å². The summed E-state index contributed by atoms with van der Waals surface area (Å²) >= 11 is 1.53. The van der Waals surface area contributed by atoms with Crippen molar-refractivity contribution < 1.29 is 18.8 Å². The van der Waals surface area contributed by atoms with Crippen molar-refractivity contribution >= 4 is 17.2 Å². The maximum absolute atomic E-state index is 12.8.